The Morgan fingerprint density at radius 1 is 0.955 bits per heavy atom. The SMILES string of the molecule is Nc1ccc2c(c1)CCN(Cc1cc(O)cc(N)c1O)CC2. The molecule has 0 saturated carbocycles. The molecular weight excluding hydrogens is 278 g/mol. The molecule has 1 aliphatic rings. The summed E-state index contributed by atoms with van der Waals surface area (Å²) < 4.78 is 0. The highest BCUT2D eigenvalue weighted by Crippen LogP contribution is 2.31. The van der Waals surface area contributed by atoms with Gasteiger partial charge in [0.1, 0.15) is 11.5 Å². The molecular formula is C17H21N3O2. The summed E-state index contributed by atoms with van der Waals surface area (Å²) in [5, 5.41) is 19.7. The number of nitrogens with two attached hydrogens (primary N) is 2. The highest BCUT2D eigenvalue weighted by atomic mass is 16.3. The van der Waals surface area contributed by atoms with Crippen LogP contribution in [0.3, 0.4) is 0 Å². The van der Waals surface area contributed by atoms with Crippen molar-refractivity contribution in [2.24, 2.45) is 0 Å². The third-order valence-corrected chi connectivity index (χ3v) is 4.22. The Morgan fingerprint density at radius 3 is 2.45 bits per heavy atom. The van der Waals surface area contributed by atoms with Crippen molar-refractivity contribution in [1.29, 1.82) is 0 Å². The summed E-state index contributed by atoms with van der Waals surface area (Å²) in [5.74, 6) is 0.139. The van der Waals surface area contributed by atoms with E-state index >= 15 is 0 Å². The predicted octanol–water partition coefficient (Wildman–Crippen LogP) is 1.86. The lowest BCUT2D eigenvalue weighted by molar-refractivity contribution is 0.274. The smallest absolute Gasteiger partial charge is 0.143 e. The lowest BCUT2D eigenvalue weighted by Crippen LogP contribution is -2.26. The molecule has 0 aliphatic carbocycles. The number of phenols is 2. The number of nitrogen functional groups attached to an aromatic ring is 2. The van der Waals surface area contributed by atoms with E-state index in [1.165, 1.54) is 17.2 Å². The molecule has 0 amide bonds. The van der Waals surface area contributed by atoms with Gasteiger partial charge >= 0.3 is 0 Å². The van der Waals surface area contributed by atoms with Gasteiger partial charge in [-0.1, -0.05) is 6.07 Å². The molecule has 0 unspecified atom stereocenters. The lowest BCUT2D eigenvalue weighted by Gasteiger charge is -2.21. The normalized spacial score (nSPS) is 15.3. The van der Waals surface area contributed by atoms with Crippen LogP contribution in [0.4, 0.5) is 11.4 Å². The van der Waals surface area contributed by atoms with E-state index in [9.17, 15) is 10.2 Å². The van der Waals surface area contributed by atoms with E-state index in [2.05, 4.69) is 11.0 Å². The van der Waals surface area contributed by atoms with Gasteiger partial charge in [-0.3, -0.25) is 4.90 Å². The number of nitrogens with zero attached hydrogens (tertiary/aromatic N) is 1. The number of anilines is 2. The van der Waals surface area contributed by atoms with Gasteiger partial charge in [0.15, 0.2) is 0 Å². The average Bonchev–Trinajstić information content (AvgIpc) is 2.67. The van der Waals surface area contributed by atoms with Gasteiger partial charge in [-0.25, -0.2) is 0 Å². The minimum absolute atomic E-state index is 0.0591. The van der Waals surface area contributed by atoms with Crippen LogP contribution in [0.1, 0.15) is 16.7 Å². The van der Waals surface area contributed by atoms with Crippen molar-refractivity contribution in [2.45, 2.75) is 19.4 Å². The van der Waals surface area contributed by atoms with Gasteiger partial charge in [0.05, 0.1) is 5.69 Å². The minimum atomic E-state index is 0.0591. The monoisotopic (exact) mass is 299 g/mol. The van der Waals surface area contributed by atoms with E-state index in [4.69, 9.17) is 11.5 Å². The van der Waals surface area contributed by atoms with Crippen LogP contribution in [-0.4, -0.2) is 28.2 Å². The number of fused-ring (bicyclic) bond motifs is 1. The van der Waals surface area contributed by atoms with Crippen LogP contribution >= 0.6 is 0 Å². The van der Waals surface area contributed by atoms with Gasteiger partial charge < -0.3 is 21.7 Å². The molecule has 0 spiro atoms. The second-order valence-electron chi connectivity index (χ2n) is 5.85. The molecule has 3 rings (SSSR count). The van der Waals surface area contributed by atoms with Crippen LogP contribution in [0.25, 0.3) is 0 Å². The summed E-state index contributed by atoms with van der Waals surface area (Å²) in [6, 6.07) is 9.01. The van der Waals surface area contributed by atoms with Crippen molar-refractivity contribution < 1.29 is 10.2 Å². The van der Waals surface area contributed by atoms with Gasteiger partial charge in [0.2, 0.25) is 0 Å². The van der Waals surface area contributed by atoms with Crippen molar-refractivity contribution in [3.05, 3.63) is 47.0 Å². The Bertz CT molecular complexity index is 701. The van der Waals surface area contributed by atoms with E-state index < -0.39 is 0 Å². The zero-order valence-corrected chi connectivity index (χ0v) is 12.4. The Kier molecular flexibility index (Phi) is 3.81. The number of hydrogen-bond donors (Lipinski definition) is 4. The first-order valence-electron chi connectivity index (χ1n) is 7.43. The van der Waals surface area contributed by atoms with Gasteiger partial charge in [-0.15, -0.1) is 0 Å². The van der Waals surface area contributed by atoms with E-state index in [-0.39, 0.29) is 17.2 Å². The fraction of sp³-hybridized carbons (Fsp3) is 0.294. The van der Waals surface area contributed by atoms with Crippen LogP contribution in [0.2, 0.25) is 0 Å². The molecule has 0 atom stereocenters. The summed E-state index contributed by atoms with van der Waals surface area (Å²) in [7, 11) is 0. The molecule has 1 aliphatic heterocycles. The average molecular weight is 299 g/mol. The molecule has 5 nitrogen and oxygen atoms in total. The molecule has 5 heteroatoms. The Morgan fingerprint density at radius 2 is 1.68 bits per heavy atom. The molecule has 0 saturated heterocycles. The molecule has 116 valence electrons. The highest BCUT2D eigenvalue weighted by Gasteiger charge is 2.17. The number of hydrogen-bond acceptors (Lipinski definition) is 5. The molecule has 22 heavy (non-hydrogen) atoms. The molecule has 1 heterocycles. The van der Waals surface area contributed by atoms with Gasteiger partial charge in [-0.05, 0) is 42.2 Å². The third-order valence-electron chi connectivity index (χ3n) is 4.22. The summed E-state index contributed by atoms with van der Waals surface area (Å²) >= 11 is 0. The third kappa shape index (κ3) is 2.94. The molecule has 2 aromatic carbocycles. The minimum Gasteiger partial charge on any atom is -0.508 e. The quantitative estimate of drug-likeness (QED) is 0.386. The van der Waals surface area contributed by atoms with Crippen LogP contribution in [-0.2, 0) is 19.4 Å². The molecule has 0 bridgehead atoms. The van der Waals surface area contributed by atoms with Gasteiger partial charge in [0, 0.05) is 37.0 Å². The zero-order chi connectivity index (χ0) is 15.7. The van der Waals surface area contributed by atoms with Gasteiger partial charge in [0.25, 0.3) is 0 Å². The Labute approximate surface area is 129 Å². The standard InChI is InChI=1S/C17H21N3O2/c18-14-2-1-11-3-5-20(6-4-12(11)7-14)10-13-8-15(21)9-16(19)17(13)22/h1-2,7-9,21-22H,3-6,10,18-19H2. The maximum atomic E-state index is 10.1. The molecule has 0 aromatic heterocycles. The highest BCUT2D eigenvalue weighted by molar-refractivity contribution is 5.59. The lowest BCUT2D eigenvalue weighted by atomic mass is 10.0. The summed E-state index contributed by atoms with van der Waals surface area (Å²) in [5.41, 5.74) is 15.8. The molecule has 6 N–H and O–H groups in total. The fourth-order valence-corrected chi connectivity index (χ4v) is 3.01. The first-order valence-corrected chi connectivity index (χ1v) is 7.43. The fourth-order valence-electron chi connectivity index (χ4n) is 3.01. The topological polar surface area (TPSA) is 95.7 Å². The van der Waals surface area contributed by atoms with Crippen molar-refractivity contribution in [2.75, 3.05) is 24.6 Å². The van der Waals surface area contributed by atoms with Gasteiger partial charge in [-0.2, -0.15) is 0 Å². The number of benzene rings is 2. The van der Waals surface area contributed by atoms with Crippen LogP contribution in [0, 0.1) is 0 Å². The van der Waals surface area contributed by atoms with Crippen LogP contribution in [0.15, 0.2) is 30.3 Å². The zero-order valence-electron chi connectivity index (χ0n) is 12.4. The van der Waals surface area contributed by atoms with Crippen LogP contribution < -0.4 is 11.5 Å². The first-order chi connectivity index (χ1) is 10.5. The Hall–Kier alpha value is -2.40. The van der Waals surface area contributed by atoms with E-state index in [1.807, 2.05) is 12.1 Å². The summed E-state index contributed by atoms with van der Waals surface area (Å²) in [6.07, 6.45) is 1.88. The first kappa shape index (κ1) is 14.5. The van der Waals surface area contributed by atoms with Crippen LogP contribution in [0.5, 0.6) is 11.5 Å². The summed E-state index contributed by atoms with van der Waals surface area (Å²) in [4.78, 5) is 2.25. The molecule has 0 fully saturated rings. The number of phenolic OH excluding ortho intramolecular Hbond substituents is 2. The number of aromatic hydroxyl groups is 2. The largest absolute Gasteiger partial charge is 0.508 e. The molecule has 0 radical (unpaired) electrons. The van der Waals surface area contributed by atoms with Crippen molar-refractivity contribution in [3.63, 3.8) is 0 Å². The van der Waals surface area contributed by atoms with E-state index in [0.29, 0.717) is 12.1 Å². The maximum Gasteiger partial charge on any atom is 0.143 e. The van der Waals surface area contributed by atoms with E-state index in [1.54, 1.807) is 6.07 Å². The number of rotatable bonds is 2. The second kappa shape index (κ2) is 5.77. The van der Waals surface area contributed by atoms with Crippen molar-refractivity contribution in [3.8, 4) is 11.5 Å². The summed E-state index contributed by atoms with van der Waals surface area (Å²) in [6.45, 7) is 2.34. The van der Waals surface area contributed by atoms with Crippen molar-refractivity contribution in [1.82, 2.24) is 4.90 Å². The second-order valence-corrected chi connectivity index (χ2v) is 5.85. The molecule has 2 aromatic rings. The van der Waals surface area contributed by atoms with E-state index in [0.717, 1.165) is 31.6 Å². The maximum absolute atomic E-state index is 10.1. The Balaban J connectivity index is 1.76. The van der Waals surface area contributed by atoms with Crippen molar-refractivity contribution >= 4 is 11.4 Å². The predicted molar refractivity (Wildman–Crippen MR) is 87.7 cm³/mol.